The van der Waals surface area contributed by atoms with Crippen LogP contribution in [0.5, 0.6) is 0 Å². The highest BCUT2D eigenvalue weighted by molar-refractivity contribution is 8.09. The van der Waals surface area contributed by atoms with Gasteiger partial charge in [-0.15, -0.1) is 0 Å². The summed E-state index contributed by atoms with van der Waals surface area (Å²) in [5.74, 6) is 0.613. The molecule has 0 aliphatic heterocycles. The molecule has 1 unspecified atom stereocenters. The smallest absolute Gasteiger partial charge is 0.183 e. The zero-order valence-corrected chi connectivity index (χ0v) is 8.41. The van der Waals surface area contributed by atoms with Gasteiger partial charge in [-0.1, -0.05) is 13.8 Å². The van der Waals surface area contributed by atoms with Crippen LogP contribution >= 0.6 is 6.49 Å². The Morgan fingerprint density at radius 2 is 2.10 bits per heavy atom. The Bertz CT molecular complexity index is 130. The second-order valence-corrected chi connectivity index (χ2v) is 6.72. The summed E-state index contributed by atoms with van der Waals surface area (Å²) < 4.78 is 5.02. The molecule has 1 atom stereocenters. The second kappa shape index (κ2) is 4.45. The molecule has 0 bridgehead atoms. The maximum atomic E-state index is 9.03. The van der Waals surface area contributed by atoms with Gasteiger partial charge < -0.3 is 9.42 Å². The van der Waals surface area contributed by atoms with Crippen molar-refractivity contribution in [2.45, 2.75) is 20.3 Å². The summed E-state index contributed by atoms with van der Waals surface area (Å²) in [6.07, 6.45) is 0.965. The van der Waals surface area contributed by atoms with Crippen LogP contribution in [0.15, 0.2) is 0 Å². The number of hydrogen-bond donors (Lipinski definition) is 1. The fraction of sp³-hybridized carbons (Fsp3) is 1.00. The molecule has 4 heteroatoms. The molecule has 1 N–H and O–H groups in total. The molecule has 62 valence electrons. The van der Waals surface area contributed by atoms with Crippen LogP contribution in [0.2, 0.25) is 0 Å². The number of hydrogen-bond acceptors (Lipinski definition) is 2. The average Bonchev–Trinajstić information content (AvgIpc) is 1.59. The molecule has 0 fully saturated rings. The minimum absolute atomic E-state index is 0.585. The molecule has 0 heterocycles. The maximum absolute atomic E-state index is 9.03. The van der Waals surface area contributed by atoms with Crippen molar-refractivity contribution in [3.63, 3.8) is 0 Å². The number of rotatable bonds is 4. The molecule has 0 radical (unpaired) electrons. The first-order valence-electron chi connectivity index (χ1n) is 3.36. The fourth-order valence-electron chi connectivity index (χ4n) is 0.458. The Hall–Kier alpha value is 0.570. The molecule has 0 aromatic heterocycles. The summed E-state index contributed by atoms with van der Waals surface area (Å²) in [4.78, 5) is 9.03. The lowest BCUT2D eigenvalue weighted by molar-refractivity contribution is 0.286. The molecule has 0 spiro atoms. The highest BCUT2D eigenvalue weighted by Gasteiger charge is 2.03. The van der Waals surface area contributed by atoms with Crippen molar-refractivity contribution in [1.29, 1.82) is 0 Å². The van der Waals surface area contributed by atoms with Crippen molar-refractivity contribution in [2.24, 2.45) is 5.92 Å². The molecule has 10 heavy (non-hydrogen) atoms. The van der Waals surface area contributed by atoms with Crippen molar-refractivity contribution < 1.29 is 9.42 Å². The molecule has 0 saturated carbocycles. The molecule has 0 aromatic carbocycles. The van der Waals surface area contributed by atoms with Crippen molar-refractivity contribution in [2.75, 3.05) is 13.3 Å². The van der Waals surface area contributed by atoms with Crippen molar-refractivity contribution in [3.05, 3.63) is 0 Å². The van der Waals surface area contributed by atoms with E-state index in [-0.39, 0.29) is 0 Å². The van der Waals surface area contributed by atoms with Gasteiger partial charge >= 0.3 is 0 Å². The first-order chi connectivity index (χ1) is 4.42. The van der Waals surface area contributed by atoms with Gasteiger partial charge in [-0.25, -0.2) is 0 Å². The highest BCUT2D eigenvalue weighted by Crippen LogP contribution is 2.37. The molecule has 0 aliphatic carbocycles. The van der Waals surface area contributed by atoms with Gasteiger partial charge in [0.25, 0.3) is 0 Å². The Morgan fingerprint density at radius 1 is 1.60 bits per heavy atom. The van der Waals surface area contributed by atoms with Crippen LogP contribution in [0, 0.1) is 5.92 Å². The Labute approximate surface area is 67.8 Å². The third-order valence-electron chi connectivity index (χ3n) is 1.03. The van der Waals surface area contributed by atoms with Gasteiger partial charge in [0.15, 0.2) is 6.49 Å². The van der Waals surface area contributed by atoms with E-state index >= 15 is 0 Å². The molecule has 0 amide bonds. The molecule has 0 rings (SSSR count). The highest BCUT2D eigenvalue weighted by atomic mass is 32.5. The zero-order chi connectivity index (χ0) is 8.20. The van der Waals surface area contributed by atoms with Crippen LogP contribution in [0.4, 0.5) is 0 Å². The minimum atomic E-state index is -2.39. The van der Waals surface area contributed by atoms with Gasteiger partial charge in [0.2, 0.25) is 0 Å². The van der Waals surface area contributed by atoms with Crippen molar-refractivity contribution in [1.82, 2.24) is 0 Å². The van der Waals surface area contributed by atoms with E-state index in [0.29, 0.717) is 12.5 Å². The Balaban J connectivity index is 3.30. The lowest BCUT2D eigenvalue weighted by Crippen LogP contribution is -1.96. The Morgan fingerprint density at radius 3 is 2.40 bits per heavy atom. The SMILES string of the molecule is CC(C)CCOP(C)(O)=S. The van der Waals surface area contributed by atoms with Gasteiger partial charge in [-0.3, -0.25) is 0 Å². The zero-order valence-electron chi connectivity index (χ0n) is 6.70. The van der Waals surface area contributed by atoms with E-state index in [1.807, 2.05) is 0 Å². The minimum Gasteiger partial charge on any atom is -0.345 e. The quantitative estimate of drug-likeness (QED) is 0.674. The molecule has 0 aromatic rings. The largest absolute Gasteiger partial charge is 0.345 e. The van der Waals surface area contributed by atoms with Crippen LogP contribution in [0.3, 0.4) is 0 Å². The van der Waals surface area contributed by atoms with Gasteiger partial charge in [0.1, 0.15) is 0 Å². The van der Waals surface area contributed by atoms with E-state index in [1.54, 1.807) is 6.66 Å². The molecular formula is C6H15O2PS. The van der Waals surface area contributed by atoms with Gasteiger partial charge in [0, 0.05) is 6.66 Å². The summed E-state index contributed by atoms with van der Waals surface area (Å²) in [5.41, 5.74) is 0. The maximum Gasteiger partial charge on any atom is 0.183 e. The molecule has 0 aliphatic rings. The second-order valence-electron chi connectivity index (χ2n) is 2.82. The Kier molecular flexibility index (Phi) is 4.70. The van der Waals surface area contributed by atoms with Crippen LogP contribution in [0.1, 0.15) is 20.3 Å². The molecule has 2 nitrogen and oxygen atoms in total. The van der Waals surface area contributed by atoms with Crippen LogP contribution < -0.4 is 0 Å². The van der Waals surface area contributed by atoms with Gasteiger partial charge in [0.05, 0.1) is 6.61 Å². The average molecular weight is 182 g/mol. The summed E-state index contributed by atoms with van der Waals surface area (Å²) >= 11 is 4.68. The first kappa shape index (κ1) is 10.6. The summed E-state index contributed by atoms with van der Waals surface area (Å²) in [6.45, 7) is 3.99. The standard InChI is InChI=1S/C6H15O2PS/c1-6(2)4-5-8-9(3,7)10/h6H,4-5H2,1-3H3,(H,7,10). The normalized spacial score (nSPS) is 17.3. The molecular weight excluding hydrogens is 167 g/mol. The summed E-state index contributed by atoms with van der Waals surface area (Å²) in [7, 11) is 0. The fourth-order valence-corrected chi connectivity index (χ4v) is 1.13. The predicted molar refractivity (Wildman–Crippen MR) is 47.8 cm³/mol. The van der Waals surface area contributed by atoms with E-state index in [0.717, 1.165) is 6.42 Å². The third kappa shape index (κ3) is 8.57. The topological polar surface area (TPSA) is 29.5 Å². The van der Waals surface area contributed by atoms with E-state index < -0.39 is 6.49 Å². The van der Waals surface area contributed by atoms with E-state index in [4.69, 9.17) is 9.42 Å². The van der Waals surface area contributed by atoms with E-state index in [2.05, 4.69) is 25.7 Å². The predicted octanol–water partition coefficient (Wildman–Crippen LogP) is 1.98. The van der Waals surface area contributed by atoms with Crippen LogP contribution in [-0.2, 0) is 16.3 Å². The first-order valence-corrected chi connectivity index (χ1v) is 6.48. The molecule has 0 saturated heterocycles. The van der Waals surface area contributed by atoms with Gasteiger partial charge in [-0.2, -0.15) is 0 Å². The van der Waals surface area contributed by atoms with Crippen molar-refractivity contribution >= 4 is 18.3 Å². The van der Waals surface area contributed by atoms with Crippen LogP contribution in [-0.4, -0.2) is 18.2 Å². The van der Waals surface area contributed by atoms with E-state index in [9.17, 15) is 0 Å². The monoisotopic (exact) mass is 182 g/mol. The lowest BCUT2D eigenvalue weighted by Gasteiger charge is -2.10. The van der Waals surface area contributed by atoms with Crippen LogP contribution in [0.25, 0.3) is 0 Å². The van der Waals surface area contributed by atoms with Crippen molar-refractivity contribution in [3.8, 4) is 0 Å². The van der Waals surface area contributed by atoms with E-state index in [1.165, 1.54) is 0 Å². The summed E-state index contributed by atoms with van der Waals surface area (Å²) in [6, 6.07) is 0. The third-order valence-corrected chi connectivity index (χ3v) is 2.00. The van der Waals surface area contributed by atoms with Gasteiger partial charge in [-0.05, 0) is 24.1 Å². The lowest BCUT2D eigenvalue weighted by atomic mass is 10.2. The summed E-state index contributed by atoms with van der Waals surface area (Å²) in [5, 5.41) is 0.